The van der Waals surface area contributed by atoms with Crippen LogP contribution in [0.5, 0.6) is 0 Å². The number of benzene rings is 1. The van der Waals surface area contributed by atoms with Gasteiger partial charge in [-0.2, -0.15) is 0 Å². The molecule has 0 radical (unpaired) electrons. The maximum Gasteiger partial charge on any atom is 0.125 e. The number of hydrogen-bond donors (Lipinski definition) is 0. The van der Waals surface area contributed by atoms with Crippen molar-refractivity contribution in [3.63, 3.8) is 0 Å². The van der Waals surface area contributed by atoms with Crippen LogP contribution in [-0.4, -0.2) is 14.1 Å². The van der Waals surface area contributed by atoms with Crippen LogP contribution < -0.4 is 4.90 Å². The first-order valence-electron chi connectivity index (χ1n) is 5.04. The van der Waals surface area contributed by atoms with E-state index in [1.54, 1.807) is 6.07 Å². The van der Waals surface area contributed by atoms with Crippen molar-refractivity contribution >= 4 is 5.69 Å². The largest absolute Gasteiger partial charge is 0.377 e. The van der Waals surface area contributed by atoms with E-state index >= 15 is 0 Å². The summed E-state index contributed by atoms with van der Waals surface area (Å²) in [6, 6.07) is 4.85. The summed E-state index contributed by atoms with van der Waals surface area (Å²) >= 11 is 0. The van der Waals surface area contributed by atoms with E-state index in [4.69, 9.17) is 6.42 Å². The molecular formula is C13H14FN. The summed E-state index contributed by atoms with van der Waals surface area (Å²) in [5.41, 5.74) is 1.84. The first kappa shape index (κ1) is 10.0. The van der Waals surface area contributed by atoms with Crippen LogP contribution in [0, 0.1) is 18.2 Å². The van der Waals surface area contributed by atoms with Crippen molar-refractivity contribution in [1.82, 2.24) is 0 Å². The predicted molar refractivity (Wildman–Crippen MR) is 60.5 cm³/mol. The molecule has 15 heavy (non-hydrogen) atoms. The van der Waals surface area contributed by atoms with Crippen LogP contribution in [0.15, 0.2) is 18.2 Å². The van der Waals surface area contributed by atoms with E-state index in [1.807, 2.05) is 25.1 Å². The maximum absolute atomic E-state index is 13.1. The van der Waals surface area contributed by atoms with E-state index in [9.17, 15) is 4.39 Å². The summed E-state index contributed by atoms with van der Waals surface area (Å²) in [5.74, 6) is 2.62. The number of nitrogens with zero attached hydrogens (tertiary/aromatic N) is 1. The summed E-state index contributed by atoms with van der Waals surface area (Å²) in [6.07, 6.45) is 7.57. The number of hydrogen-bond acceptors (Lipinski definition) is 1. The van der Waals surface area contributed by atoms with Crippen LogP contribution in [0.4, 0.5) is 10.1 Å². The van der Waals surface area contributed by atoms with Crippen LogP contribution in [0.1, 0.15) is 18.4 Å². The lowest BCUT2D eigenvalue weighted by Gasteiger charge is -2.20. The number of terminal acetylenes is 1. The predicted octanol–water partition coefficient (Wildman–Crippen LogP) is 2.56. The van der Waals surface area contributed by atoms with Gasteiger partial charge in [0.25, 0.3) is 0 Å². The summed E-state index contributed by atoms with van der Waals surface area (Å²) in [7, 11) is 3.82. The molecule has 0 atom stereocenters. The maximum atomic E-state index is 13.1. The van der Waals surface area contributed by atoms with Gasteiger partial charge in [-0.15, -0.1) is 6.42 Å². The molecule has 1 fully saturated rings. The Morgan fingerprint density at radius 2 is 2.07 bits per heavy atom. The van der Waals surface area contributed by atoms with Gasteiger partial charge in [0, 0.05) is 19.8 Å². The van der Waals surface area contributed by atoms with Crippen LogP contribution in [0.25, 0.3) is 0 Å². The molecule has 0 heterocycles. The van der Waals surface area contributed by atoms with Gasteiger partial charge < -0.3 is 4.90 Å². The molecule has 0 spiro atoms. The molecule has 78 valence electrons. The molecule has 1 aliphatic carbocycles. The molecule has 1 aromatic rings. The molecule has 0 unspecified atom stereocenters. The topological polar surface area (TPSA) is 3.24 Å². The molecule has 2 heteroatoms. The monoisotopic (exact) mass is 203 g/mol. The molecule has 0 aliphatic heterocycles. The van der Waals surface area contributed by atoms with Crippen molar-refractivity contribution in [2.45, 2.75) is 18.3 Å². The van der Waals surface area contributed by atoms with Gasteiger partial charge in [0.1, 0.15) is 5.82 Å². The van der Waals surface area contributed by atoms with Crippen LogP contribution in [0.3, 0.4) is 0 Å². The highest BCUT2D eigenvalue weighted by molar-refractivity contribution is 5.60. The fourth-order valence-corrected chi connectivity index (χ4v) is 1.90. The first-order valence-corrected chi connectivity index (χ1v) is 5.04. The van der Waals surface area contributed by atoms with E-state index in [-0.39, 0.29) is 11.2 Å². The fraction of sp³-hybridized carbons (Fsp3) is 0.385. The highest BCUT2D eigenvalue weighted by Crippen LogP contribution is 2.50. The Kier molecular flexibility index (Phi) is 2.19. The van der Waals surface area contributed by atoms with Gasteiger partial charge in [-0.05, 0) is 30.5 Å². The number of halogens is 1. The molecule has 0 bridgehead atoms. The van der Waals surface area contributed by atoms with Crippen LogP contribution in [-0.2, 0) is 5.41 Å². The number of rotatable bonds is 2. The van der Waals surface area contributed by atoms with E-state index in [2.05, 4.69) is 5.92 Å². The van der Waals surface area contributed by atoms with Gasteiger partial charge in [0.05, 0.1) is 5.41 Å². The molecule has 0 N–H and O–H groups in total. The summed E-state index contributed by atoms with van der Waals surface area (Å²) < 4.78 is 13.1. The zero-order valence-corrected chi connectivity index (χ0v) is 9.05. The smallest absolute Gasteiger partial charge is 0.125 e. The Morgan fingerprint density at radius 3 is 2.53 bits per heavy atom. The lowest BCUT2D eigenvalue weighted by Crippen LogP contribution is -2.15. The second kappa shape index (κ2) is 3.27. The molecule has 0 amide bonds. The third kappa shape index (κ3) is 1.59. The van der Waals surface area contributed by atoms with Gasteiger partial charge in [-0.25, -0.2) is 4.39 Å². The molecule has 1 aliphatic rings. The fourth-order valence-electron chi connectivity index (χ4n) is 1.90. The molecule has 1 nitrogen and oxygen atoms in total. The van der Waals surface area contributed by atoms with E-state index in [1.165, 1.54) is 6.07 Å². The third-order valence-electron chi connectivity index (χ3n) is 2.98. The van der Waals surface area contributed by atoms with Crippen LogP contribution >= 0.6 is 0 Å². The van der Waals surface area contributed by atoms with Crippen molar-refractivity contribution in [2.24, 2.45) is 0 Å². The van der Waals surface area contributed by atoms with Crippen LogP contribution in [0.2, 0.25) is 0 Å². The highest BCUT2D eigenvalue weighted by atomic mass is 19.1. The third-order valence-corrected chi connectivity index (χ3v) is 2.98. The molecule has 1 aromatic carbocycles. The van der Waals surface area contributed by atoms with Gasteiger partial charge in [-0.3, -0.25) is 0 Å². The van der Waals surface area contributed by atoms with E-state index < -0.39 is 0 Å². The Hall–Kier alpha value is -1.49. The summed E-state index contributed by atoms with van der Waals surface area (Å²) in [4.78, 5) is 1.91. The molecule has 2 rings (SSSR count). The minimum absolute atomic E-state index is 0.132. The Balaban J connectivity index is 2.53. The average Bonchev–Trinajstić information content (AvgIpc) is 2.98. The molecule has 0 aromatic heterocycles. The van der Waals surface area contributed by atoms with Crippen molar-refractivity contribution in [2.75, 3.05) is 19.0 Å². The van der Waals surface area contributed by atoms with Gasteiger partial charge >= 0.3 is 0 Å². The summed E-state index contributed by atoms with van der Waals surface area (Å²) in [6.45, 7) is 0. The minimum atomic E-state index is -0.213. The average molecular weight is 203 g/mol. The Bertz CT molecular complexity index is 425. The number of anilines is 1. The van der Waals surface area contributed by atoms with E-state index in [0.29, 0.717) is 0 Å². The summed E-state index contributed by atoms with van der Waals surface area (Å²) in [5, 5.41) is 0. The quantitative estimate of drug-likeness (QED) is 0.668. The SMILES string of the molecule is C#CC1(c2ccc(F)cc2N(C)C)CC1. The lowest BCUT2D eigenvalue weighted by molar-refractivity contribution is 0.626. The first-order chi connectivity index (χ1) is 7.09. The zero-order chi connectivity index (χ0) is 11.1. The van der Waals surface area contributed by atoms with Gasteiger partial charge in [0.2, 0.25) is 0 Å². The minimum Gasteiger partial charge on any atom is -0.377 e. The Morgan fingerprint density at radius 1 is 1.40 bits per heavy atom. The van der Waals surface area contributed by atoms with Gasteiger partial charge in [0.15, 0.2) is 0 Å². The lowest BCUT2D eigenvalue weighted by atomic mass is 9.94. The van der Waals surface area contributed by atoms with Crippen molar-refractivity contribution < 1.29 is 4.39 Å². The zero-order valence-electron chi connectivity index (χ0n) is 9.05. The molecular weight excluding hydrogens is 189 g/mol. The molecule has 0 saturated heterocycles. The van der Waals surface area contributed by atoms with Crippen molar-refractivity contribution in [3.05, 3.63) is 29.6 Å². The second-order valence-corrected chi connectivity index (χ2v) is 4.28. The van der Waals surface area contributed by atoms with Gasteiger partial charge in [-0.1, -0.05) is 12.0 Å². The molecule has 1 saturated carbocycles. The standard InChI is InChI=1S/C13H14FN/c1-4-13(7-8-13)11-6-5-10(14)9-12(11)15(2)3/h1,5-6,9H,7-8H2,2-3H3. The van der Waals surface area contributed by atoms with Crippen molar-refractivity contribution in [3.8, 4) is 12.3 Å². The highest BCUT2D eigenvalue weighted by Gasteiger charge is 2.44. The van der Waals surface area contributed by atoms with E-state index in [0.717, 1.165) is 24.1 Å². The second-order valence-electron chi connectivity index (χ2n) is 4.28. The van der Waals surface area contributed by atoms with Crippen molar-refractivity contribution in [1.29, 1.82) is 0 Å². The Labute approximate surface area is 89.9 Å². The normalized spacial score (nSPS) is 16.9.